The van der Waals surface area contributed by atoms with Gasteiger partial charge in [0.05, 0.1) is 36.2 Å². The molecule has 1 atom stereocenters. The number of rotatable bonds is 7. The monoisotopic (exact) mass is 386 g/mol. The van der Waals surface area contributed by atoms with Crippen LogP contribution in [0.5, 0.6) is 5.75 Å². The molecule has 1 aromatic carbocycles. The number of halogens is 3. The van der Waals surface area contributed by atoms with Crippen LogP contribution >= 0.6 is 0 Å². The van der Waals surface area contributed by atoms with Gasteiger partial charge in [0.25, 0.3) is 0 Å². The number of alkyl halides is 3. The van der Waals surface area contributed by atoms with Gasteiger partial charge < -0.3 is 20.1 Å². The predicted molar refractivity (Wildman–Crippen MR) is 92.6 cm³/mol. The van der Waals surface area contributed by atoms with Crippen molar-refractivity contribution in [1.29, 1.82) is 0 Å². The van der Waals surface area contributed by atoms with E-state index in [1.165, 1.54) is 13.2 Å². The maximum absolute atomic E-state index is 13.0. The Morgan fingerprint density at radius 2 is 2.07 bits per heavy atom. The van der Waals surface area contributed by atoms with E-state index in [2.05, 4.69) is 15.7 Å². The van der Waals surface area contributed by atoms with E-state index in [0.717, 1.165) is 12.1 Å². The number of anilines is 1. The van der Waals surface area contributed by atoms with E-state index in [4.69, 9.17) is 9.47 Å². The second kappa shape index (κ2) is 8.76. The van der Waals surface area contributed by atoms with Crippen LogP contribution < -0.4 is 15.4 Å². The van der Waals surface area contributed by atoms with Gasteiger partial charge in [0.1, 0.15) is 5.75 Å². The first kappa shape index (κ1) is 20.6. The van der Waals surface area contributed by atoms with E-state index >= 15 is 0 Å². The van der Waals surface area contributed by atoms with Gasteiger partial charge in [-0.15, -0.1) is 0 Å². The van der Waals surface area contributed by atoms with Gasteiger partial charge in [0.15, 0.2) is 0 Å². The van der Waals surface area contributed by atoms with Crippen molar-refractivity contribution in [2.24, 2.45) is 7.05 Å². The molecule has 0 fully saturated rings. The van der Waals surface area contributed by atoms with Gasteiger partial charge in [-0.3, -0.25) is 4.68 Å². The zero-order chi connectivity index (χ0) is 20.0. The van der Waals surface area contributed by atoms with Crippen LogP contribution in [0, 0.1) is 0 Å². The number of methoxy groups -OCH3 is 1. The van der Waals surface area contributed by atoms with Gasteiger partial charge in [-0.05, 0) is 31.2 Å². The van der Waals surface area contributed by atoms with Gasteiger partial charge in [0.2, 0.25) is 0 Å². The number of benzene rings is 1. The standard InChI is InChI=1S/C17H21F3N4O3/c1-4-27-15-6-5-11(17(18,19)20)9-12(15)22-16(25)23-13(10-26-3)14-7-8-21-24(14)2/h5-9,13H,4,10H2,1-3H3,(H2,22,23,25)/t13-/m1/s1. The van der Waals surface area contributed by atoms with Crippen LogP contribution in [0.25, 0.3) is 0 Å². The third-order valence-electron chi connectivity index (χ3n) is 3.71. The van der Waals surface area contributed by atoms with Gasteiger partial charge in [-0.25, -0.2) is 4.79 Å². The number of amides is 2. The number of nitrogens with one attached hydrogen (secondary N) is 2. The van der Waals surface area contributed by atoms with Crippen molar-refractivity contribution in [1.82, 2.24) is 15.1 Å². The second-order valence-corrected chi connectivity index (χ2v) is 5.63. The molecule has 2 rings (SSSR count). The summed E-state index contributed by atoms with van der Waals surface area (Å²) >= 11 is 0. The number of carbonyl (C=O) groups excluding carboxylic acids is 1. The first-order chi connectivity index (χ1) is 12.8. The van der Waals surface area contributed by atoms with Gasteiger partial charge in [-0.1, -0.05) is 0 Å². The molecular formula is C17H21F3N4O3. The van der Waals surface area contributed by atoms with Crippen LogP contribution in [-0.2, 0) is 18.0 Å². The van der Waals surface area contributed by atoms with Crippen LogP contribution in [0.2, 0.25) is 0 Å². The molecule has 2 N–H and O–H groups in total. The van der Waals surface area contributed by atoms with Crippen LogP contribution in [-0.4, -0.2) is 36.1 Å². The molecule has 0 saturated heterocycles. The summed E-state index contributed by atoms with van der Waals surface area (Å²) in [4.78, 5) is 12.4. The molecule has 2 amide bonds. The molecule has 148 valence electrons. The van der Waals surface area contributed by atoms with Crippen molar-refractivity contribution >= 4 is 11.7 Å². The Bertz CT molecular complexity index is 777. The molecule has 10 heteroatoms. The quantitative estimate of drug-likeness (QED) is 0.765. The lowest BCUT2D eigenvalue weighted by Gasteiger charge is -2.20. The number of hydrogen-bond acceptors (Lipinski definition) is 4. The Kier molecular flexibility index (Phi) is 6.67. The molecule has 0 unspecified atom stereocenters. The Labute approximate surface area is 154 Å². The van der Waals surface area contributed by atoms with E-state index in [1.54, 1.807) is 30.9 Å². The summed E-state index contributed by atoms with van der Waals surface area (Å²) in [7, 11) is 3.18. The molecule has 0 saturated carbocycles. The number of hydrogen-bond donors (Lipinski definition) is 2. The van der Waals surface area contributed by atoms with Crippen molar-refractivity contribution in [2.45, 2.75) is 19.1 Å². The summed E-state index contributed by atoms with van der Waals surface area (Å²) in [6, 6.07) is 3.38. The first-order valence-electron chi connectivity index (χ1n) is 8.14. The minimum Gasteiger partial charge on any atom is -0.492 e. The molecule has 0 spiro atoms. The fourth-order valence-electron chi connectivity index (χ4n) is 2.50. The smallest absolute Gasteiger partial charge is 0.416 e. The maximum Gasteiger partial charge on any atom is 0.416 e. The molecule has 0 radical (unpaired) electrons. The summed E-state index contributed by atoms with van der Waals surface area (Å²) in [6.07, 6.45) is -2.97. The Morgan fingerprint density at radius 1 is 1.33 bits per heavy atom. The topological polar surface area (TPSA) is 77.4 Å². The number of ether oxygens (including phenoxy) is 2. The molecule has 7 nitrogen and oxygen atoms in total. The molecule has 0 bridgehead atoms. The molecule has 0 aliphatic rings. The van der Waals surface area contributed by atoms with E-state index in [9.17, 15) is 18.0 Å². The van der Waals surface area contributed by atoms with Crippen LogP contribution in [0.1, 0.15) is 24.2 Å². The highest BCUT2D eigenvalue weighted by Crippen LogP contribution is 2.35. The van der Waals surface area contributed by atoms with Crippen molar-refractivity contribution in [2.75, 3.05) is 25.6 Å². The predicted octanol–water partition coefficient (Wildman–Crippen LogP) is 3.35. The Morgan fingerprint density at radius 3 is 2.63 bits per heavy atom. The van der Waals surface area contributed by atoms with E-state index < -0.39 is 23.8 Å². The average molecular weight is 386 g/mol. The van der Waals surface area contributed by atoms with Crippen LogP contribution in [0.15, 0.2) is 30.5 Å². The zero-order valence-corrected chi connectivity index (χ0v) is 15.1. The normalized spacial score (nSPS) is 12.5. The maximum atomic E-state index is 13.0. The lowest BCUT2D eigenvalue weighted by atomic mass is 10.1. The molecule has 27 heavy (non-hydrogen) atoms. The Balaban J connectivity index is 2.21. The highest BCUT2D eigenvalue weighted by molar-refractivity contribution is 5.91. The molecule has 2 aromatic rings. The third-order valence-corrected chi connectivity index (χ3v) is 3.71. The molecule has 1 heterocycles. The van der Waals surface area contributed by atoms with Gasteiger partial charge in [0, 0.05) is 20.4 Å². The molecule has 1 aromatic heterocycles. The fraction of sp³-hybridized carbons (Fsp3) is 0.412. The van der Waals surface area contributed by atoms with Gasteiger partial charge in [-0.2, -0.15) is 18.3 Å². The Hall–Kier alpha value is -2.75. The summed E-state index contributed by atoms with van der Waals surface area (Å²) in [5.74, 6) is 0.143. The van der Waals surface area contributed by atoms with Gasteiger partial charge >= 0.3 is 12.2 Å². The number of aryl methyl sites for hydroxylation is 1. The van der Waals surface area contributed by atoms with Crippen LogP contribution in [0.4, 0.5) is 23.7 Å². The summed E-state index contributed by atoms with van der Waals surface area (Å²) in [6.45, 7) is 2.09. The molecular weight excluding hydrogens is 365 g/mol. The van der Waals surface area contributed by atoms with E-state index in [-0.39, 0.29) is 24.7 Å². The third kappa shape index (κ3) is 5.36. The number of nitrogens with zero attached hydrogens (tertiary/aromatic N) is 2. The molecule has 0 aliphatic heterocycles. The highest BCUT2D eigenvalue weighted by Gasteiger charge is 2.31. The van der Waals surface area contributed by atoms with Crippen LogP contribution in [0.3, 0.4) is 0 Å². The minimum atomic E-state index is -4.54. The molecule has 0 aliphatic carbocycles. The average Bonchev–Trinajstić information content (AvgIpc) is 3.01. The van der Waals surface area contributed by atoms with Crippen molar-refractivity contribution < 1.29 is 27.4 Å². The van der Waals surface area contributed by atoms with E-state index in [0.29, 0.717) is 5.69 Å². The second-order valence-electron chi connectivity index (χ2n) is 5.63. The first-order valence-corrected chi connectivity index (χ1v) is 8.14. The van der Waals surface area contributed by atoms with Crippen molar-refractivity contribution in [3.8, 4) is 5.75 Å². The summed E-state index contributed by atoms with van der Waals surface area (Å²) in [5.41, 5.74) is -0.284. The lowest BCUT2D eigenvalue weighted by molar-refractivity contribution is -0.137. The number of carbonyl (C=O) groups is 1. The minimum absolute atomic E-state index is 0.0784. The zero-order valence-electron chi connectivity index (χ0n) is 15.1. The van der Waals surface area contributed by atoms with Crippen molar-refractivity contribution in [3.63, 3.8) is 0 Å². The SMILES string of the molecule is CCOc1ccc(C(F)(F)F)cc1NC(=O)N[C@H](COC)c1ccnn1C. The largest absolute Gasteiger partial charge is 0.492 e. The number of aromatic nitrogens is 2. The highest BCUT2D eigenvalue weighted by atomic mass is 19.4. The lowest BCUT2D eigenvalue weighted by Crippen LogP contribution is -2.36. The van der Waals surface area contributed by atoms with Crippen molar-refractivity contribution in [3.05, 3.63) is 41.7 Å². The fourth-order valence-corrected chi connectivity index (χ4v) is 2.50. The summed E-state index contributed by atoms with van der Waals surface area (Å²) in [5, 5.41) is 9.11. The van der Waals surface area contributed by atoms with E-state index in [1.807, 2.05) is 0 Å². The number of urea groups is 1. The summed E-state index contributed by atoms with van der Waals surface area (Å²) < 4.78 is 50.9.